The van der Waals surface area contributed by atoms with E-state index in [9.17, 15) is 18.0 Å². The first-order valence-electron chi connectivity index (χ1n) is 6.24. The Hall–Kier alpha value is -2.25. The summed E-state index contributed by atoms with van der Waals surface area (Å²) in [5, 5.41) is 0. The molecule has 0 bridgehead atoms. The van der Waals surface area contributed by atoms with Crippen LogP contribution in [0.1, 0.15) is 30.0 Å². The van der Waals surface area contributed by atoms with Gasteiger partial charge in [0, 0.05) is 6.42 Å². The molecule has 1 unspecified atom stereocenters. The van der Waals surface area contributed by atoms with E-state index in [0.29, 0.717) is 24.2 Å². The predicted octanol–water partition coefficient (Wildman–Crippen LogP) is 2.80. The van der Waals surface area contributed by atoms with Crippen LogP contribution in [0.5, 0.6) is 0 Å². The van der Waals surface area contributed by atoms with Crippen LogP contribution in [0.15, 0.2) is 29.3 Å². The monoisotopic (exact) mass is 301 g/mol. The Kier molecular flexibility index (Phi) is 4.35. The van der Waals surface area contributed by atoms with Gasteiger partial charge in [-0.15, -0.1) is 0 Å². The van der Waals surface area contributed by atoms with Crippen molar-refractivity contribution >= 4 is 11.9 Å². The van der Waals surface area contributed by atoms with Crippen molar-refractivity contribution in [3.63, 3.8) is 0 Å². The Morgan fingerprint density at radius 2 is 2.19 bits per heavy atom. The highest BCUT2D eigenvalue weighted by Gasteiger charge is 2.31. The number of rotatable bonds is 1. The van der Waals surface area contributed by atoms with Gasteiger partial charge in [-0.1, -0.05) is 12.1 Å². The summed E-state index contributed by atoms with van der Waals surface area (Å²) < 4.78 is 42.4. The molecule has 114 valence electrons. The van der Waals surface area contributed by atoms with Gasteiger partial charge in [0.1, 0.15) is 5.84 Å². The topological polar surface area (TPSA) is 62.7 Å². The SMILES string of the molecule is COC(=O)NNC1=NC(c2cccc(C(F)(F)F)c2)CC1. The van der Waals surface area contributed by atoms with Gasteiger partial charge in [0.15, 0.2) is 0 Å². The number of hydrogen-bond acceptors (Lipinski definition) is 4. The van der Waals surface area contributed by atoms with Gasteiger partial charge in [-0.2, -0.15) is 13.2 Å². The van der Waals surface area contributed by atoms with E-state index in [2.05, 4.69) is 20.6 Å². The number of amidine groups is 1. The van der Waals surface area contributed by atoms with Crippen molar-refractivity contribution in [2.24, 2.45) is 4.99 Å². The fourth-order valence-electron chi connectivity index (χ4n) is 2.02. The number of alkyl halides is 3. The maximum absolute atomic E-state index is 12.7. The Balaban J connectivity index is 2.06. The fraction of sp³-hybridized carbons (Fsp3) is 0.385. The van der Waals surface area contributed by atoms with Gasteiger partial charge in [0.05, 0.1) is 18.7 Å². The average Bonchev–Trinajstić information content (AvgIpc) is 2.93. The molecule has 1 heterocycles. The average molecular weight is 301 g/mol. The van der Waals surface area contributed by atoms with E-state index in [1.807, 2.05) is 0 Å². The van der Waals surface area contributed by atoms with Crippen LogP contribution < -0.4 is 10.9 Å². The van der Waals surface area contributed by atoms with E-state index in [1.54, 1.807) is 6.07 Å². The molecule has 1 aliphatic heterocycles. The normalized spacial score (nSPS) is 18.1. The summed E-state index contributed by atoms with van der Waals surface area (Å²) in [6, 6.07) is 4.76. The molecule has 1 aromatic rings. The van der Waals surface area contributed by atoms with E-state index in [4.69, 9.17) is 0 Å². The first kappa shape index (κ1) is 15.1. The Morgan fingerprint density at radius 1 is 1.43 bits per heavy atom. The number of nitrogens with one attached hydrogen (secondary N) is 2. The first-order valence-corrected chi connectivity index (χ1v) is 6.24. The van der Waals surface area contributed by atoms with Gasteiger partial charge >= 0.3 is 12.3 Å². The van der Waals surface area contributed by atoms with Crippen molar-refractivity contribution in [3.8, 4) is 0 Å². The standard InChI is InChI=1S/C13H14F3N3O2/c1-21-12(20)19-18-11-6-5-10(17-11)8-3-2-4-9(7-8)13(14,15)16/h2-4,7,10H,5-6H2,1H3,(H,17,18)(H,19,20). The molecule has 1 amide bonds. The third-order valence-electron chi connectivity index (χ3n) is 3.06. The molecule has 5 nitrogen and oxygen atoms in total. The van der Waals surface area contributed by atoms with Crippen LogP contribution in [0.3, 0.4) is 0 Å². The molecule has 1 atom stereocenters. The molecule has 0 aliphatic carbocycles. The zero-order chi connectivity index (χ0) is 15.5. The highest BCUT2D eigenvalue weighted by molar-refractivity contribution is 5.85. The van der Waals surface area contributed by atoms with Crippen LogP contribution in [0.25, 0.3) is 0 Å². The summed E-state index contributed by atoms with van der Waals surface area (Å²) >= 11 is 0. The molecular formula is C13H14F3N3O2. The summed E-state index contributed by atoms with van der Waals surface area (Å²) in [6.07, 6.45) is -3.93. The number of carbonyl (C=O) groups excluding carboxylic acids is 1. The van der Waals surface area contributed by atoms with E-state index in [0.717, 1.165) is 12.1 Å². The number of amides is 1. The maximum Gasteiger partial charge on any atom is 0.425 e. The number of halogens is 3. The molecule has 0 saturated carbocycles. The quantitative estimate of drug-likeness (QED) is 0.784. The van der Waals surface area contributed by atoms with Crippen LogP contribution in [-0.2, 0) is 10.9 Å². The van der Waals surface area contributed by atoms with Crippen LogP contribution in [0, 0.1) is 0 Å². The van der Waals surface area contributed by atoms with Crippen LogP contribution in [0.2, 0.25) is 0 Å². The summed E-state index contributed by atoms with van der Waals surface area (Å²) in [6.45, 7) is 0. The minimum atomic E-state index is -4.37. The van der Waals surface area contributed by atoms with Gasteiger partial charge in [0.2, 0.25) is 0 Å². The lowest BCUT2D eigenvalue weighted by Crippen LogP contribution is -2.40. The van der Waals surface area contributed by atoms with Crippen LogP contribution in [0.4, 0.5) is 18.0 Å². The molecule has 0 spiro atoms. The first-order chi connectivity index (χ1) is 9.90. The Labute approximate surface area is 119 Å². The molecule has 1 aliphatic rings. The number of ether oxygens (including phenoxy) is 1. The number of benzene rings is 1. The minimum Gasteiger partial charge on any atom is -0.452 e. The van der Waals surface area contributed by atoms with E-state index < -0.39 is 17.8 Å². The molecule has 0 fully saturated rings. The van der Waals surface area contributed by atoms with Crippen molar-refractivity contribution in [1.82, 2.24) is 10.9 Å². The number of hydrogen-bond donors (Lipinski definition) is 2. The molecule has 2 rings (SSSR count). The molecule has 0 radical (unpaired) electrons. The lowest BCUT2D eigenvalue weighted by atomic mass is 10.0. The molecule has 0 saturated heterocycles. The second-order valence-corrected chi connectivity index (χ2v) is 4.50. The summed E-state index contributed by atoms with van der Waals surface area (Å²) in [5.41, 5.74) is 4.65. The lowest BCUT2D eigenvalue weighted by Gasteiger charge is -2.11. The highest BCUT2D eigenvalue weighted by atomic mass is 19.4. The van der Waals surface area contributed by atoms with Crippen molar-refractivity contribution in [3.05, 3.63) is 35.4 Å². The second-order valence-electron chi connectivity index (χ2n) is 4.50. The number of nitrogens with zero attached hydrogens (tertiary/aromatic N) is 1. The van der Waals surface area contributed by atoms with Gasteiger partial charge in [-0.25, -0.2) is 10.2 Å². The molecule has 1 aromatic carbocycles. The second kappa shape index (κ2) is 6.02. The van der Waals surface area contributed by atoms with Gasteiger partial charge in [-0.05, 0) is 24.1 Å². The number of methoxy groups -OCH3 is 1. The van der Waals surface area contributed by atoms with E-state index in [1.165, 1.54) is 13.2 Å². The lowest BCUT2D eigenvalue weighted by molar-refractivity contribution is -0.137. The van der Waals surface area contributed by atoms with Crippen LogP contribution >= 0.6 is 0 Å². The van der Waals surface area contributed by atoms with Gasteiger partial charge in [-0.3, -0.25) is 10.4 Å². The predicted molar refractivity (Wildman–Crippen MR) is 69.5 cm³/mol. The third kappa shape index (κ3) is 3.87. The third-order valence-corrected chi connectivity index (χ3v) is 3.06. The molecule has 8 heteroatoms. The number of hydrazine groups is 1. The highest BCUT2D eigenvalue weighted by Crippen LogP contribution is 2.34. The Bertz CT molecular complexity index is 558. The number of aliphatic imine (C=N–C) groups is 1. The van der Waals surface area contributed by atoms with Crippen LogP contribution in [-0.4, -0.2) is 19.0 Å². The summed E-state index contributed by atoms with van der Waals surface area (Å²) in [7, 11) is 1.22. The maximum atomic E-state index is 12.7. The van der Waals surface area contributed by atoms with Gasteiger partial charge < -0.3 is 4.74 Å². The molecule has 0 aromatic heterocycles. The smallest absolute Gasteiger partial charge is 0.425 e. The zero-order valence-corrected chi connectivity index (χ0v) is 11.2. The Morgan fingerprint density at radius 3 is 2.86 bits per heavy atom. The van der Waals surface area contributed by atoms with Gasteiger partial charge in [0.25, 0.3) is 0 Å². The van der Waals surface area contributed by atoms with E-state index in [-0.39, 0.29) is 6.04 Å². The van der Waals surface area contributed by atoms with Crippen molar-refractivity contribution in [1.29, 1.82) is 0 Å². The minimum absolute atomic E-state index is 0.353. The van der Waals surface area contributed by atoms with E-state index >= 15 is 0 Å². The molecular weight excluding hydrogens is 287 g/mol. The van der Waals surface area contributed by atoms with Crippen molar-refractivity contribution in [2.45, 2.75) is 25.1 Å². The summed E-state index contributed by atoms with van der Waals surface area (Å²) in [5.74, 6) is 0.503. The molecule has 21 heavy (non-hydrogen) atoms. The summed E-state index contributed by atoms with van der Waals surface area (Å²) in [4.78, 5) is 15.2. The fourth-order valence-corrected chi connectivity index (χ4v) is 2.02. The number of carbonyl (C=O) groups is 1. The molecule has 2 N–H and O–H groups in total. The largest absolute Gasteiger partial charge is 0.452 e. The zero-order valence-electron chi connectivity index (χ0n) is 11.2. The van der Waals surface area contributed by atoms with Crippen molar-refractivity contribution in [2.75, 3.05) is 7.11 Å². The van der Waals surface area contributed by atoms with Crippen molar-refractivity contribution < 1.29 is 22.7 Å².